The Hall–Kier alpha value is -3.05. The molecule has 0 bridgehead atoms. The Morgan fingerprint density at radius 1 is 1.27 bits per heavy atom. The Morgan fingerprint density at radius 2 is 2.03 bits per heavy atom. The maximum Gasteiger partial charge on any atom is 0.280 e. The van der Waals surface area contributed by atoms with Crippen molar-refractivity contribution in [3.63, 3.8) is 0 Å². The van der Waals surface area contributed by atoms with Crippen LogP contribution in [0.5, 0.6) is 0 Å². The van der Waals surface area contributed by atoms with Gasteiger partial charge in [-0.25, -0.2) is 18.1 Å². The highest BCUT2D eigenvalue weighted by atomic mass is 32.2. The summed E-state index contributed by atoms with van der Waals surface area (Å²) >= 11 is 0. The summed E-state index contributed by atoms with van der Waals surface area (Å²) in [6.45, 7) is 3.42. The number of aromatic nitrogens is 3. The molecule has 2 aromatic heterocycles. The molecular formula is C19H21N5O5S. The number of para-hydroxylation sites is 1. The molecule has 1 aliphatic rings. The van der Waals surface area contributed by atoms with Crippen molar-refractivity contribution in [3.05, 3.63) is 52.4 Å². The van der Waals surface area contributed by atoms with Crippen LogP contribution in [0.15, 0.2) is 44.8 Å². The minimum absolute atomic E-state index is 0.00792. The number of carbonyl (C=O) groups excluding carboxylic acids is 1. The molecule has 0 saturated carbocycles. The molecule has 3 heterocycles. The van der Waals surface area contributed by atoms with Crippen molar-refractivity contribution in [1.82, 2.24) is 19.1 Å². The molecule has 0 aliphatic carbocycles. The van der Waals surface area contributed by atoms with Crippen molar-refractivity contribution in [2.75, 3.05) is 18.5 Å². The molecule has 1 aliphatic heterocycles. The standard InChI is InChI=1S/C19H21N5O5S/c1-12-17(13(2)29-22-12)30(27,28)23-9-5-6-14(10-23)18(25)21-24-11-20-16-8-4-3-7-15(16)19(24)26/h3-4,7-8,11,14H,5-6,9-10H2,1-2H3,(H,21,25). The van der Waals surface area contributed by atoms with Crippen molar-refractivity contribution in [2.24, 2.45) is 5.92 Å². The zero-order valence-corrected chi connectivity index (χ0v) is 17.3. The van der Waals surface area contributed by atoms with Crippen LogP contribution in [0.1, 0.15) is 24.3 Å². The van der Waals surface area contributed by atoms with Gasteiger partial charge in [0.15, 0.2) is 5.76 Å². The third-order valence-electron chi connectivity index (χ3n) is 5.22. The molecule has 158 valence electrons. The SMILES string of the molecule is Cc1noc(C)c1S(=O)(=O)N1CCCC(C(=O)Nn2cnc3ccccc3c2=O)C1. The highest BCUT2D eigenvalue weighted by Gasteiger charge is 2.36. The van der Waals surface area contributed by atoms with E-state index in [2.05, 4.69) is 15.6 Å². The minimum Gasteiger partial charge on any atom is -0.360 e. The topological polar surface area (TPSA) is 127 Å². The molecule has 11 heteroatoms. The molecular weight excluding hydrogens is 410 g/mol. The van der Waals surface area contributed by atoms with Crippen molar-refractivity contribution in [2.45, 2.75) is 31.6 Å². The maximum atomic E-state index is 13.0. The van der Waals surface area contributed by atoms with Gasteiger partial charge >= 0.3 is 0 Å². The first-order valence-electron chi connectivity index (χ1n) is 9.49. The summed E-state index contributed by atoms with van der Waals surface area (Å²) in [5.41, 5.74) is 2.97. The van der Waals surface area contributed by atoms with Gasteiger partial charge in [0, 0.05) is 13.1 Å². The number of fused-ring (bicyclic) bond motifs is 1. The van der Waals surface area contributed by atoms with Gasteiger partial charge in [0.05, 0.1) is 16.8 Å². The second kappa shape index (κ2) is 7.65. The number of benzene rings is 1. The number of amides is 1. The zero-order chi connectivity index (χ0) is 21.5. The monoisotopic (exact) mass is 431 g/mol. The van der Waals surface area contributed by atoms with E-state index >= 15 is 0 Å². The summed E-state index contributed by atoms with van der Waals surface area (Å²) in [5, 5.41) is 4.10. The van der Waals surface area contributed by atoms with Gasteiger partial charge in [-0.1, -0.05) is 17.3 Å². The highest BCUT2D eigenvalue weighted by molar-refractivity contribution is 7.89. The number of piperidine rings is 1. The fraction of sp³-hybridized carbons (Fsp3) is 0.368. The van der Waals surface area contributed by atoms with Crippen LogP contribution in [0, 0.1) is 19.8 Å². The highest BCUT2D eigenvalue weighted by Crippen LogP contribution is 2.27. The average Bonchev–Trinajstić information content (AvgIpc) is 3.09. The van der Waals surface area contributed by atoms with E-state index in [0.717, 1.165) is 4.68 Å². The van der Waals surface area contributed by atoms with Gasteiger partial charge in [-0.2, -0.15) is 4.31 Å². The number of nitrogens with one attached hydrogen (secondary N) is 1. The van der Waals surface area contributed by atoms with Gasteiger partial charge in [-0.05, 0) is 38.8 Å². The van der Waals surface area contributed by atoms with Crippen LogP contribution in [0.2, 0.25) is 0 Å². The lowest BCUT2D eigenvalue weighted by molar-refractivity contribution is -0.121. The predicted octanol–water partition coefficient (Wildman–Crippen LogP) is 1.17. The van der Waals surface area contributed by atoms with Gasteiger partial charge in [0.2, 0.25) is 15.9 Å². The van der Waals surface area contributed by atoms with Crippen molar-refractivity contribution in [3.8, 4) is 0 Å². The van der Waals surface area contributed by atoms with Gasteiger partial charge in [-0.3, -0.25) is 15.0 Å². The lowest BCUT2D eigenvalue weighted by Gasteiger charge is -2.31. The number of rotatable bonds is 4. The van der Waals surface area contributed by atoms with Crippen LogP contribution >= 0.6 is 0 Å². The van der Waals surface area contributed by atoms with E-state index in [9.17, 15) is 18.0 Å². The van der Waals surface area contributed by atoms with E-state index in [-0.39, 0.29) is 22.9 Å². The Bertz CT molecular complexity index is 1260. The Morgan fingerprint density at radius 3 is 2.77 bits per heavy atom. The molecule has 0 radical (unpaired) electrons. The molecule has 1 aromatic carbocycles. The minimum atomic E-state index is -3.84. The van der Waals surface area contributed by atoms with E-state index in [1.165, 1.54) is 10.6 Å². The molecule has 1 saturated heterocycles. The van der Waals surface area contributed by atoms with Crippen LogP contribution < -0.4 is 11.0 Å². The first kappa shape index (κ1) is 20.2. The summed E-state index contributed by atoms with van der Waals surface area (Å²) in [7, 11) is -3.84. The van der Waals surface area contributed by atoms with E-state index < -0.39 is 27.4 Å². The molecule has 4 rings (SSSR count). The molecule has 1 atom stereocenters. The number of carbonyl (C=O) groups is 1. The van der Waals surface area contributed by atoms with E-state index in [1.54, 1.807) is 38.1 Å². The molecule has 0 spiro atoms. The molecule has 1 unspecified atom stereocenters. The van der Waals surface area contributed by atoms with Crippen LogP contribution in [-0.2, 0) is 14.8 Å². The largest absolute Gasteiger partial charge is 0.360 e. The number of aryl methyl sites for hydroxylation is 2. The van der Waals surface area contributed by atoms with Gasteiger partial charge < -0.3 is 4.52 Å². The van der Waals surface area contributed by atoms with Crippen molar-refractivity contribution in [1.29, 1.82) is 0 Å². The van der Waals surface area contributed by atoms with Crippen LogP contribution in [0.3, 0.4) is 0 Å². The van der Waals surface area contributed by atoms with Crippen LogP contribution in [-0.4, -0.2) is 46.5 Å². The number of sulfonamides is 1. The first-order valence-corrected chi connectivity index (χ1v) is 10.9. The lowest BCUT2D eigenvalue weighted by Crippen LogP contribution is -2.46. The fourth-order valence-electron chi connectivity index (χ4n) is 3.71. The summed E-state index contributed by atoms with van der Waals surface area (Å²) in [4.78, 5) is 29.6. The quantitative estimate of drug-likeness (QED) is 0.657. The van der Waals surface area contributed by atoms with Crippen molar-refractivity contribution < 1.29 is 17.7 Å². The third kappa shape index (κ3) is 3.50. The van der Waals surface area contributed by atoms with E-state index in [0.29, 0.717) is 30.3 Å². The maximum absolute atomic E-state index is 13.0. The Labute approximate surface area is 172 Å². The second-order valence-electron chi connectivity index (χ2n) is 7.27. The normalized spacial score (nSPS) is 17.9. The van der Waals surface area contributed by atoms with Crippen LogP contribution in [0.4, 0.5) is 0 Å². The van der Waals surface area contributed by atoms with Crippen molar-refractivity contribution >= 4 is 26.8 Å². The summed E-state index contributed by atoms with van der Waals surface area (Å²) in [5.74, 6) is -0.826. The lowest BCUT2D eigenvalue weighted by atomic mass is 9.99. The molecule has 1 amide bonds. The number of hydrogen-bond donors (Lipinski definition) is 1. The third-order valence-corrected chi connectivity index (χ3v) is 7.33. The molecule has 10 nitrogen and oxygen atoms in total. The van der Waals surface area contributed by atoms with Gasteiger partial charge in [0.25, 0.3) is 5.56 Å². The first-order chi connectivity index (χ1) is 14.3. The summed E-state index contributed by atoms with van der Waals surface area (Å²) in [6, 6.07) is 6.83. The fourth-order valence-corrected chi connectivity index (χ4v) is 5.52. The summed E-state index contributed by atoms with van der Waals surface area (Å²) in [6.07, 6.45) is 2.28. The van der Waals surface area contributed by atoms with Gasteiger partial charge in [0.1, 0.15) is 16.9 Å². The number of nitrogens with zero attached hydrogens (tertiary/aromatic N) is 4. The van der Waals surface area contributed by atoms with E-state index in [4.69, 9.17) is 4.52 Å². The Kier molecular flexibility index (Phi) is 5.16. The number of hydrogen-bond acceptors (Lipinski definition) is 7. The summed E-state index contributed by atoms with van der Waals surface area (Å²) < 4.78 is 33.4. The second-order valence-corrected chi connectivity index (χ2v) is 9.14. The van der Waals surface area contributed by atoms with Crippen LogP contribution in [0.25, 0.3) is 10.9 Å². The molecule has 1 N–H and O–H groups in total. The molecule has 3 aromatic rings. The Balaban J connectivity index is 1.55. The molecule has 1 fully saturated rings. The molecule has 30 heavy (non-hydrogen) atoms. The van der Waals surface area contributed by atoms with Gasteiger partial charge in [-0.15, -0.1) is 0 Å². The zero-order valence-electron chi connectivity index (χ0n) is 16.5. The smallest absolute Gasteiger partial charge is 0.280 e. The van der Waals surface area contributed by atoms with E-state index in [1.807, 2.05) is 0 Å². The average molecular weight is 431 g/mol. The predicted molar refractivity (Wildman–Crippen MR) is 108 cm³/mol.